The van der Waals surface area contributed by atoms with Crippen LogP contribution < -0.4 is 14.4 Å². The van der Waals surface area contributed by atoms with E-state index in [-0.39, 0.29) is 12.5 Å². The largest absolute Gasteiger partial charge is 0.491 e. The lowest BCUT2D eigenvalue weighted by Crippen LogP contribution is -2.30. The normalized spacial score (nSPS) is 11.2. The van der Waals surface area contributed by atoms with Gasteiger partial charge in [0, 0.05) is 5.56 Å². The molecule has 6 nitrogen and oxygen atoms in total. The van der Waals surface area contributed by atoms with Crippen LogP contribution in [0.25, 0.3) is 0 Å². The first-order valence-electron chi connectivity index (χ1n) is 10.8. The van der Waals surface area contributed by atoms with E-state index in [1.54, 1.807) is 24.3 Å². The fraction of sp³-hybridized carbons (Fsp3) is 0.269. The summed E-state index contributed by atoms with van der Waals surface area (Å²) in [6.07, 6.45) is 1.20. The maximum atomic E-state index is 12.5. The molecule has 3 aromatic rings. The molecule has 3 rings (SSSR count). The lowest BCUT2D eigenvalue weighted by atomic mass is 10.1. The summed E-state index contributed by atoms with van der Waals surface area (Å²) in [7, 11) is -3.48. The zero-order chi connectivity index (χ0) is 24.0. The second-order valence-electron chi connectivity index (χ2n) is 8.13. The van der Waals surface area contributed by atoms with Crippen molar-refractivity contribution < 1.29 is 17.9 Å². The molecule has 0 unspecified atom stereocenters. The fourth-order valence-electron chi connectivity index (χ4n) is 3.54. The third kappa shape index (κ3) is 6.58. The van der Waals surface area contributed by atoms with E-state index in [9.17, 15) is 13.2 Å². The number of nitrogens with one attached hydrogen (secondary N) is 1. The van der Waals surface area contributed by atoms with Gasteiger partial charge in [0.05, 0.1) is 25.0 Å². The lowest BCUT2D eigenvalue weighted by Gasteiger charge is -2.24. The predicted molar refractivity (Wildman–Crippen MR) is 132 cm³/mol. The Bertz CT molecular complexity index is 1220. The smallest absolute Gasteiger partial charge is 0.251 e. The fourth-order valence-corrected chi connectivity index (χ4v) is 4.49. The molecule has 7 heteroatoms. The Hall–Kier alpha value is -3.32. The standard InChI is InChI=1S/C26H30N2O4S/c1-19-9-14-24(21(3)17-19)28(33(4,30)31)18-22-10-12-23(13-11-22)26(29)27-15-16-32-25-8-6-5-7-20(25)2/h5-14,17H,15-16,18H2,1-4H3,(H,27,29). The highest BCUT2D eigenvalue weighted by atomic mass is 32.2. The highest BCUT2D eigenvalue weighted by molar-refractivity contribution is 7.92. The van der Waals surface area contributed by atoms with Crippen LogP contribution in [0.2, 0.25) is 0 Å². The lowest BCUT2D eigenvalue weighted by molar-refractivity contribution is 0.0947. The van der Waals surface area contributed by atoms with Crippen LogP contribution in [0, 0.1) is 20.8 Å². The Kier molecular flexibility index (Phi) is 7.76. The molecule has 33 heavy (non-hydrogen) atoms. The topological polar surface area (TPSA) is 75.7 Å². The van der Waals surface area contributed by atoms with Crippen molar-refractivity contribution in [2.24, 2.45) is 0 Å². The van der Waals surface area contributed by atoms with Gasteiger partial charge in [-0.15, -0.1) is 0 Å². The summed E-state index contributed by atoms with van der Waals surface area (Å²) in [5, 5.41) is 2.84. The minimum absolute atomic E-state index is 0.189. The molecule has 0 bridgehead atoms. The van der Waals surface area contributed by atoms with Crippen molar-refractivity contribution in [3.63, 3.8) is 0 Å². The van der Waals surface area contributed by atoms with Crippen molar-refractivity contribution in [2.75, 3.05) is 23.7 Å². The molecule has 0 heterocycles. The Balaban J connectivity index is 1.61. The van der Waals surface area contributed by atoms with Gasteiger partial charge in [-0.2, -0.15) is 0 Å². The van der Waals surface area contributed by atoms with Gasteiger partial charge in [-0.1, -0.05) is 48.0 Å². The molecule has 0 aromatic heterocycles. The summed E-state index contributed by atoms with van der Waals surface area (Å²) in [6.45, 7) is 6.78. The molecule has 0 aliphatic heterocycles. The monoisotopic (exact) mass is 466 g/mol. The predicted octanol–water partition coefficient (Wildman–Crippen LogP) is 4.39. The molecule has 174 valence electrons. The number of carbonyl (C=O) groups is 1. The van der Waals surface area contributed by atoms with E-state index in [1.807, 2.05) is 63.2 Å². The number of aryl methyl sites for hydroxylation is 3. The van der Waals surface area contributed by atoms with Gasteiger partial charge in [-0.05, 0) is 61.7 Å². The molecular weight excluding hydrogens is 436 g/mol. The van der Waals surface area contributed by atoms with Gasteiger partial charge in [0.1, 0.15) is 12.4 Å². The summed E-state index contributed by atoms with van der Waals surface area (Å²) >= 11 is 0. The van der Waals surface area contributed by atoms with Crippen molar-refractivity contribution in [2.45, 2.75) is 27.3 Å². The summed E-state index contributed by atoms with van der Waals surface area (Å²) in [6, 6.07) is 20.4. The van der Waals surface area contributed by atoms with Crippen molar-refractivity contribution in [1.82, 2.24) is 5.32 Å². The van der Waals surface area contributed by atoms with E-state index in [0.717, 1.165) is 28.0 Å². The number of carbonyl (C=O) groups excluding carboxylic acids is 1. The molecule has 1 N–H and O–H groups in total. The molecule has 0 radical (unpaired) electrons. The molecule has 0 aliphatic carbocycles. The average Bonchev–Trinajstić information content (AvgIpc) is 2.76. The summed E-state index contributed by atoms with van der Waals surface area (Å²) in [4.78, 5) is 12.4. The second kappa shape index (κ2) is 10.5. The summed E-state index contributed by atoms with van der Waals surface area (Å²) in [5.74, 6) is 0.597. The number of amides is 1. The summed E-state index contributed by atoms with van der Waals surface area (Å²) < 4.78 is 32.0. The van der Waals surface area contributed by atoms with Gasteiger partial charge < -0.3 is 10.1 Å². The number of para-hydroxylation sites is 1. The molecular formula is C26H30N2O4S. The van der Waals surface area contributed by atoms with Crippen molar-refractivity contribution in [1.29, 1.82) is 0 Å². The number of rotatable bonds is 9. The average molecular weight is 467 g/mol. The zero-order valence-electron chi connectivity index (χ0n) is 19.5. The molecule has 0 fully saturated rings. The third-order valence-electron chi connectivity index (χ3n) is 5.30. The number of ether oxygens (including phenoxy) is 1. The molecule has 0 atom stereocenters. The van der Waals surface area contributed by atoms with Gasteiger partial charge >= 0.3 is 0 Å². The van der Waals surface area contributed by atoms with E-state index >= 15 is 0 Å². The Morgan fingerprint density at radius 2 is 1.64 bits per heavy atom. The first-order valence-corrected chi connectivity index (χ1v) is 12.6. The van der Waals surface area contributed by atoms with Crippen molar-refractivity contribution in [3.05, 3.63) is 94.5 Å². The first kappa shape index (κ1) is 24.3. The maximum Gasteiger partial charge on any atom is 0.251 e. The Labute approximate surface area is 196 Å². The highest BCUT2D eigenvalue weighted by Gasteiger charge is 2.20. The summed E-state index contributed by atoms with van der Waals surface area (Å²) in [5.41, 5.74) is 4.96. The second-order valence-corrected chi connectivity index (χ2v) is 10.0. The van der Waals surface area contributed by atoms with Gasteiger partial charge in [0.15, 0.2) is 0 Å². The van der Waals surface area contributed by atoms with Crippen LogP contribution in [-0.4, -0.2) is 33.7 Å². The molecule has 0 aliphatic rings. The van der Waals surface area contributed by atoms with E-state index in [2.05, 4.69) is 5.32 Å². The number of hydrogen-bond donors (Lipinski definition) is 1. The molecule has 1 amide bonds. The van der Waals surface area contributed by atoms with Crippen LogP contribution in [0.3, 0.4) is 0 Å². The Morgan fingerprint density at radius 1 is 0.939 bits per heavy atom. The van der Waals surface area contributed by atoms with Gasteiger partial charge in [-0.3, -0.25) is 9.10 Å². The first-order chi connectivity index (χ1) is 15.6. The van der Waals surface area contributed by atoms with Crippen LogP contribution in [0.5, 0.6) is 5.75 Å². The van der Waals surface area contributed by atoms with Crippen molar-refractivity contribution >= 4 is 21.6 Å². The molecule has 0 saturated carbocycles. The SMILES string of the molecule is Cc1ccc(N(Cc2ccc(C(=O)NCCOc3ccccc3C)cc2)S(C)(=O)=O)c(C)c1. The van der Waals surface area contributed by atoms with Crippen LogP contribution in [0.1, 0.15) is 32.6 Å². The van der Waals surface area contributed by atoms with Crippen molar-refractivity contribution in [3.8, 4) is 5.75 Å². The molecule has 3 aromatic carbocycles. The Morgan fingerprint density at radius 3 is 2.27 bits per heavy atom. The third-order valence-corrected chi connectivity index (χ3v) is 6.43. The van der Waals surface area contributed by atoms with Crippen LogP contribution in [0.4, 0.5) is 5.69 Å². The number of benzene rings is 3. The molecule has 0 spiro atoms. The van der Waals surface area contributed by atoms with Crippen LogP contribution in [0.15, 0.2) is 66.7 Å². The zero-order valence-corrected chi connectivity index (χ0v) is 20.3. The van der Waals surface area contributed by atoms with Gasteiger partial charge in [0.25, 0.3) is 5.91 Å². The minimum Gasteiger partial charge on any atom is -0.491 e. The number of anilines is 1. The van der Waals surface area contributed by atoms with E-state index in [0.29, 0.717) is 24.4 Å². The minimum atomic E-state index is -3.48. The maximum absolute atomic E-state index is 12.5. The van der Waals surface area contributed by atoms with E-state index in [4.69, 9.17) is 4.74 Å². The van der Waals surface area contributed by atoms with Gasteiger partial charge in [0.2, 0.25) is 10.0 Å². The van der Waals surface area contributed by atoms with Gasteiger partial charge in [-0.25, -0.2) is 8.42 Å². The quantitative estimate of drug-likeness (QED) is 0.475. The van der Waals surface area contributed by atoms with E-state index in [1.165, 1.54) is 10.6 Å². The number of nitrogens with zero attached hydrogens (tertiary/aromatic N) is 1. The number of hydrogen-bond acceptors (Lipinski definition) is 4. The highest BCUT2D eigenvalue weighted by Crippen LogP contribution is 2.25. The van der Waals surface area contributed by atoms with Crippen LogP contribution >= 0.6 is 0 Å². The van der Waals surface area contributed by atoms with E-state index < -0.39 is 10.0 Å². The molecule has 0 saturated heterocycles. The van der Waals surface area contributed by atoms with Crippen LogP contribution in [-0.2, 0) is 16.6 Å². The number of sulfonamides is 1.